The van der Waals surface area contributed by atoms with Crippen LogP contribution in [0.5, 0.6) is 0 Å². The van der Waals surface area contributed by atoms with Crippen LogP contribution in [0.3, 0.4) is 0 Å². The number of anilines is 1. The summed E-state index contributed by atoms with van der Waals surface area (Å²) in [5, 5.41) is 0. The molecule has 0 radical (unpaired) electrons. The Hall–Kier alpha value is -2.11. The monoisotopic (exact) mass is 388 g/mol. The minimum absolute atomic E-state index is 0.0411. The highest BCUT2D eigenvalue weighted by molar-refractivity contribution is 7.16. The average molecular weight is 389 g/mol. The summed E-state index contributed by atoms with van der Waals surface area (Å²) in [6.07, 6.45) is 3.57. The number of hydrogen-bond donors (Lipinski definition) is 0. The number of nitrogens with zero attached hydrogens (tertiary/aromatic N) is 2. The first-order valence-corrected chi connectivity index (χ1v) is 9.78. The maximum Gasteiger partial charge on any atom is 0.227 e. The van der Waals surface area contributed by atoms with Gasteiger partial charge in [0.25, 0.3) is 0 Å². The van der Waals surface area contributed by atoms with Crippen molar-refractivity contribution >= 4 is 40.4 Å². The molecule has 1 aromatic heterocycles. The quantitative estimate of drug-likeness (QED) is 0.664. The van der Waals surface area contributed by atoms with E-state index < -0.39 is 0 Å². The second-order valence-electron chi connectivity index (χ2n) is 6.26. The number of carbonyl (C=O) groups excluding carboxylic acids is 2. The Labute approximate surface area is 162 Å². The fourth-order valence-corrected chi connectivity index (χ4v) is 4.14. The Morgan fingerprint density at radius 2 is 2.04 bits per heavy atom. The minimum Gasteiger partial charge on any atom is -0.334 e. The Balaban J connectivity index is 1.64. The Morgan fingerprint density at radius 3 is 2.62 bits per heavy atom. The summed E-state index contributed by atoms with van der Waals surface area (Å²) in [6.45, 7) is 5.54. The third kappa shape index (κ3) is 4.54. The Kier molecular flexibility index (Phi) is 6.12. The van der Waals surface area contributed by atoms with Gasteiger partial charge >= 0.3 is 0 Å². The van der Waals surface area contributed by atoms with E-state index in [1.54, 1.807) is 15.9 Å². The van der Waals surface area contributed by atoms with Crippen LogP contribution < -0.4 is 4.90 Å². The molecule has 1 aliphatic heterocycles. The van der Waals surface area contributed by atoms with Crippen molar-refractivity contribution in [1.82, 2.24) is 4.90 Å². The van der Waals surface area contributed by atoms with E-state index in [0.717, 1.165) is 33.4 Å². The zero-order chi connectivity index (χ0) is 18.5. The van der Waals surface area contributed by atoms with Crippen molar-refractivity contribution in [3.8, 4) is 0 Å². The summed E-state index contributed by atoms with van der Waals surface area (Å²) in [5.74, 6) is 0.208. The summed E-state index contributed by atoms with van der Waals surface area (Å²) >= 11 is 7.46. The number of hydrogen-bond acceptors (Lipinski definition) is 3. The predicted molar refractivity (Wildman–Crippen MR) is 107 cm³/mol. The molecule has 1 fully saturated rings. The zero-order valence-electron chi connectivity index (χ0n) is 14.5. The molecule has 0 unspecified atom stereocenters. The van der Waals surface area contributed by atoms with E-state index in [1.165, 1.54) is 11.3 Å². The number of thiophene rings is 1. The number of rotatable bonds is 7. The summed E-state index contributed by atoms with van der Waals surface area (Å²) in [6, 6.07) is 11.5. The maximum atomic E-state index is 12.7. The molecule has 3 rings (SSSR count). The van der Waals surface area contributed by atoms with Crippen LogP contribution in [0.1, 0.15) is 23.3 Å². The Bertz CT molecular complexity index is 800. The molecule has 1 saturated heterocycles. The van der Waals surface area contributed by atoms with Gasteiger partial charge < -0.3 is 9.80 Å². The van der Waals surface area contributed by atoms with Gasteiger partial charge in [-0.25, -0.2) is 0 Å². The molecular formula is C20H21ClN2O2S. The van der Waals surface area contributed by atoms with Gasteiger partial charge in [-0.1, -0.05) is 29.8 Å². The topological polar surface area (TPSA) is 40.6 Å². The molecule has 0 bridgehead atoms. The highest BCUT2D eigenvalue weighted by Crippen LogP contribution is 2.24. The number of halogens is 1. The number of carbonyl (C=O) groups is 2. The third-order valence-electron chi connectivity index (χ3n) is 4.35. The highest BCUT2D eigenvalue weighted by Gasteiger charge is 2.21. The lowest BCUT2D eigenvalue weighted by Gasteiger charge is -2.21. The van der Waals surface area contributed by atoms with E-state index in [4.69, 9.17) is 11.6 Å². The second kappa shape index (κ2) is 8.52. The van der Waals surface area contributed by atoms with Crippen molar-refractivity contribution < 1.29 is 9.59 Å². The molecule has 136 valence electrons. The van der Waals surface area contributed by atoms with E-state index in [0.29, 0.717) is 25.9 Å². The van der Waals surface area contributed by atoms with Crippen LogP contribution in [0.2, 0.25) is 4.34 Å². The smallest absolute Gasteiger partial charge is 0.227 e. The molecule has 0 atom stereocenters. The standard InChI is InChI=1S/C20H21ClN2O2S/c1-2-11-22(14-17-9-10-18(21)26-17)20(25)13-15-5-7-16(8-6-15)23-12-3-4-19(23)24/h2,5-10H,1,3-4,11-14H2. The van der Waals surface area contributed by atoms with Gasteiger partial charge in [0.15, 0.2) is 0 Å². The molecule has 0 spiro atoms. The van der Waals surface area contributed by atoms with Gasteiger partial charge in [-0.2, -0.15) is 0 Å². The first-order valence-electron chi connectivity index (χ1n) is 8.59. The van der Waals surface area contributed by atoms with Gasteiger partial charge in [0.05, 0.1) is 17.3 Å². The van der Waals surface area contributed by atoms with Crippen molar-refractivity contribution in [3.63, 3.8) is 0 Å². The average Bonchev–Trinajstić information content (AvgIpc) is 3.23. The molecule has 2 heterocycles. The minimum atomic E-state index is 0.0411. The fourth-order valence-electron chi connectivity index (χ4n) is 3.04. The van der Waals surface area contributed by atoms with E-state index in [-0.39, 0.29) is 11.8 Å². The van der Waals surface area contributed by atoms with E-state index >= 15 is 0 Å². The van der Waals surface area contributed by atoms with Crippen LogP contribution in [0.15, 0.2) is 49.1 Å². The maximum absolute atomic E-state index is 12.7. The van der Waals surface area contributed by atoms with Gasteiger partial charge in [-0.05, 0) is 36.2 Å². The molecule has 6 heteroatoms. The van der Waals surface area contributed by atoms with Crippen LogP contribution in [-0.4, -0.2) is 29.8 Å². The third-order valence-corrected chi connectivity index (χ3v) is 5.57. The summed E-state index contributed by atoms with van der Waals surface area (Å²) in [5.41, 5.74) is 1.84. The molecule has 0 saturated carbocycles. The summed E-state index contributed by atoms with van der Waals surface area (Å²) in [7, 11) is 0. The van der Waals surface area contributed by atoms with Gasteiger partial charge in [-0.3, -0.25) is 9.59 Å². The fraction of sp³-hybridized carbons (Fsp3) is 0.300. The van der Waals surface area contributed by atoms with Crippen LogP contribution in [0.4, 0.5) is 5.69 Å². The predicted octanol–water partition coefficient (Wildman–Crippen LogP) is 4.29. The molecular weight excluding hydrogens is 368 g/mol. The lowest BCUT2D eigenvalue weighted by atomic mass is 10.1. The first-order chi connectivity index (χ1) is 12.6. The van der Waals surface area contributed by atoms with Gasteiger partial charge in [-0.15, -0.1) is 17.9 Å². The van der Waals surface area contributed by atoms with Crippen molar-refractivity contribution in [2.45, 2.75) is 25.8 Å². The first kappa shape index (κ1) is 18.7. The van der Waals surface area contributed by atoms with Crippen molar-refractivity contribution in [1.29, 1.82) is 0 Å². The molecule has 1 aromatic carbocycles. The van der Waals surface area contributed by atoms with E-state index in [2.05, 4.69) is 6.58 Å². The van der Waals surface area contributed by atoms with Crippen LogP contribution in [-0.2, 0) is 22.6 Å². The largest absolute Gasteiger partial charge is 0.334 e. The van der Waals surface area contributed by atoms with Gasteiger partial charge in [0.1, 0.15) is 0 Å². The SMILES string of the molecule is C=CCN(Cc1ccc(Cl)s1)C(=O)Cc1ccc(N2CCCC2=O)cc1. The highest BCUT2D eigenvalue weighted by atomic mass is 35.5. The normalized spacial score (nSPS) is 13.9. The molecule has 1 aliphatic rings. The Morgan fingerprint density at radius 1 is 1.27 bits per heavy atom. The molecule has 0 aliphatic carbocycles. The lowest BCUT2D eigenvalue weighted by molar-refractivity contribution is -0.130. The molecule has 4 nitrogen and oxygen atoms in total. The van der Waals surface area contributed by atoms with E-state index in [1.807, 2.05) is 36.4 Å². The summed E-state index contributed by atoms with van der Waals surface area (Å²) in [4.78, 5) is 29.1. The molecule has 2 aromatic rings. The van der Waals surface area contributed by atoms with Crippen LogP contribution >= 0.6 is 22.9 Å². The number of benzene rings is 1. The van der Waals surface area contributed by atoms with Gasteiger partial charge in [0, 0.05) is 30.1 Å². The molecule has 2 amide bonds. The molecule has 0 N–H and O–H groups in total. The lowest BCUT2D eigenvalue weighted by Crippen LogP contribution is -2.31. The molecule has 26 heavy (non-hydrogen) atoms. The van der Waals surface area contributed by atoms with Crippen LogP contribution in [0, 0.1) is 0 Å². The number of amides is 2. The van der Waals surface area contributed by atoms with Crippen LogP contribution in [0.25, 0.3) is 0 Å². The zero-order valence-corrected chi connectivity index (χ0v) is 16.1. The van der Waals surface area contributed by atoms with Crippen molar-refractivity contribution in [2.75, 3.05) is 18.0 Å². The second-order valence-corrected chi connectivity index (χ2v) is 8.06. The van der Waals surface area contributed by atoms with E-state index in [9.17, 15) is 9.59 Å². The summed E-state index contributed by atoms with van der Waals surface area (Å²) < 4.78 is 0.720. The van der Waals surface area contributed by atoms with Gasteiger partial charge in [0.2, 0.25) is 11.8 Å². The van der Waals surface area contributed by atoms with Crippen molar-refractivity contribution in [3.05, 3.63) is 63.8 Å². The van der Waals surface area contributed by atoms with Crippen molar-refractivity contribution in [2.24, 2.45) is 0 Å².